The highest BCUT2D eigenvalue weighted by Gasteiger charge is 1.97. The van der Waals surface area contributed by atoms with Gasteiger partial charge in [-0.25, -0.2) is 4.98 Å². The number of pyridine rings is 1. The van der Waals surface area contributed by atoms with Gasteiger partial charge in [-0.2, -0.15) is 0 Å². The second-order valence-electron chi connectivity index (χ2n) is 4.52. The molecule has 0 aliphatic rings. The maximum atomic E-state index is 5.53. The molecule has 0 N–H and O–H groups in total. The first-order valence-electron chi connectivity index (χ1n) is 6.94. The summed E-state index contributed by atoms with van der Waals surface area (Å²) in [4.78, 5) is 4.33. The number of nitrogens with zero attached hydrogens (tertiary/aromatic N) is 1. The van der Waals surface area contributed by atoms with Crippen LogP contribution in [0.1, 0.15) is 57.9 Å². The topological polar surface area (TPSA) is 22.1 Å². The molecule has 2 heteroatoms. The van der Waals surface area contributed by atoms with Crippen molar-refractivity contribution >= 4 is 0 Å². The second-order valence-corrected chi connectivity index (χ2v) is 4.52. The number of rotatable bonds is 9. The zero-order valence-electron chi connectivity index (χ0n) is 11.2. The molecule has 0 unspecified atom stereocenters. The lowest BCUT2D eigenvalue weighted by molar-refractivity contribution is 0.297. The number of hydrogen-bond donors (Lipinski definition) is 0. The van der Waals surface area contributed by atoms with Gasteiger partial charge in [0, 0.05) is 12.3 Å². The molecule has 2 nitrogen and oxygen atoms in total. The van der Waals surface area contributed by atoms with Crippen molar-refractivity contribution in [2.24, 2.45) is 0 Å². The summed E-state index contributed by atoms with van der Waals surface area (Å²) in [5, 5.41) is 0. The van der Waals surface area contributed by atoms with Gasteiger partial charge >= 0.3 is 0 Å². The summed E-state index contributed by atoms with van der Waals surface area (Å²) in [6.07, 6.45) is 10.6. The van der Waals surface area contributed by atoms with Crippen molar-refractivity contribution < 1.29 is 4.74 Å². The first kappa shape index (κ1) is 14.0. The molecule has 1 aromatic rings. The smallest absolute Gasteiger partial charge is 0.213 e. The number of ether oxygens (including phenoxy) is 1. The fourth-order valence-corrected chi connectivity index (χ4v) is 1.72. The predicted molar refractivity (Wildman–Crippen MR) is 72.5 cm³/mol. The van der Waals surface area contributed by atoms with Crippen LogP contribution in [0.5, 0.6) is 5.88 Å². The van der Waals surface area contributed by atoms with Crippen molar-refractivity contribution in [3.63, 3.8) is 0 Å². The van der Waals surface area contributed by atoms with E-state index < -0.39 is 0 Å². The van der Waals surface area contributed by atoms with Crippen LogP contribution in [0.2, 0.25) is 0 Å². The third kappa shape index (κ3) is 6.30. The van der Waals surface area contributed by atoms with E-state index in [0.29, 0.717) is 0 Å². The van der Waals surface area contributed by atoms with Gasteiger partial charge in [0.25, 0.3) is 0 Å². The van der Waals surface area contributed by atoms with E-state index in [2.05, 4.69) is 24.9 Å². The van der Waals surface area contributed by atoms with Crippen molar-refractivity contribution in [2.45, 2.75) is 58.8 Å². The number of aromatic nitrogens is 1. The molecule has 0 saturated carbocycles. The Kier molecular flexibility index (Phi) is 7.44. The van der Waals surface area contributed by atoms with Crippen molar-refractivity contribution in [3.8, 4) is 5.88 Å². The van der Waals surface area contributed by atoms with Crippen LogP contribution in [-0.4, -0.2) is 11.6 Å². The Morgan fingerprint density at radius 3 is 2.47 bits per heavy atom. The molecule has 0 bridgehead atoms. The molecule has 0 amide bonds. The lowest BCUT2D eigenvalue weighted by atomic mass is 10.1. The van der Waals surface area contributed by atoms with Gasteiger partial charge in [-0.3, -0.25) is 0 Å². The second kappa shape index (κ2) is 9.03. The minimum atomic E-state index is 0.760. The Labute approximate surface area is 105 Å². The normalized spacial score (nSPS) is 10.5. The van der Waals surface area contributed by atoms with E-state index >= 15 is 0 Å². The molecule has 0 saturated heterocycles. The minimum Gasteiger partial charge on any atom is -0.478 e. The van der Waals surface area contributed by atoms with E-state index in [-0.39, 0.29) is 0 Å². The van der Waals surface area contributed by atoms with Gasteiger partial charge < -0.3 is 4.74 Å². The van der Waals surface area contributed by atoms with Gasteiger partial charge in [0.15, 0.2) is 0 Å². The molecule has 0 fully saturated rings. The SMILES string of the molecule is CCCCCCc1ccc(OCCCC)nc1. The van der Waals surface area contributed by atoms with Gasteiger partial charge in [-0.05, 0) is 24.8 Å². The number of hydrogen-bond acceptors (Lipinski definition) is 2. The van der Waals surface area contributed by atoms with E-state index in [9.17, 15) is 0 Å². The van der Waals surface area contributed by atoms with Gasteiger partial charge in [0.1, 0.15) is 0 Å². The Morgan fingerprint density at radius 2 is 1.82 bits per heavy atom. The number of aryl methyl sites for hydroxylation is 1. The van der Waals surface area contributed by atoms with E-state index in [4.69, 9.17) is 4.74 Å². The highest BCUT2D eigenvalue weighted by Crippen LogP contribution is 2.11. The highest BCUT2D eigenvalue weighted by atomic mass is 16.5. The zero-order valence-corrected chi connectivity index (χ0v) is 11.2. The Bertz CT molecular complexity index is 281. The molecule has 0 aliphatic heterocycles. The first-order valence-corrected chi connectivity index (χ1v) is 6.94. The summed E-state index contributed by atoms with van der Waals surface area (Å²) >= 11 is 0. The fourth-order valence-electron chi connectivity index (χ4n) is 1.72. The van der Waals surface area contributed by atoms with Crippen LogP contribution in [0.4, 0.5) is 0 Å². The molecule has 0 atom stereocenters. The van der Waals surface area contributed by atoms with Crippen molar-refractivity contribution in [1.82, 2.24) is 4.98 Å². The highest BCUT2D eigenvalue weighted by molar-refractivity contribution is 5.17. The van der Waals surface area contributed by atoms with Gasteiger partial charge in [-0.15, -0.1) is 0 Å². The molecule has 17 heavy (non-hydrogen) atoms. The lowest BCUT2D eigenvalue weighted by Crippen LogP contribution is -1.98. The van der Waals surface area contributed by atoms with Gasteiger partial charge in [-0.1, -0.05) is 45.6 Å². The van der Waals surface area contributed by atoms with Crippen LogP contribution < -0.4 is 4.74 Å². The molecule has 1 rings (SSSR count). The zero-order chi connectivity index (χ0) is 12.3. The summed E-state index contributed by atoms with van der Waals surface area (Å²) in [7, 11) is 0. The minimum absolute atomic E-state index is 0.760. The van der Waals surface area contributed by atoms with Crippen LogP contribution in [0.3, 0.4) is 0 Å². The Hall–Kier alpha value is -1.05. The molecule has 0 radical (unpaired) electrons. The van der Waals surface area contributed by atoms with E-state index in [0.717, 1.165) is 31.7 Å². The molecule has 0 aliphatic carbocycles. The van der Waals surface area contributed by atoms with Gasteiger partial charge in [0.05, 0.1) is 6.61 Å². The molecule has 1 heterocycles. The molecule has 0 spiro atoms. The third-order valence-corrected chi connectivity index (χ3v) is 2.86. The van der Waals surface area contributed by atoms with E-state index in [1.54, 1.807) is 0 Å². The van der Waals surface area contributed by atoms with E-state index in [1.165, 1.54) is 31.2 Å². The summed E-state index contributed by atoms with van der Waals surface area (Å²) in [6, 6.07) is 4.13. The van der Waals surface area contributed by atoms with Crippen LogP contribution >= 0.6 is 0 Å². The largest absolute Gasteiger partial charge is 0.478 e. The third-order valence-electron chi connectivity index (χ3n) is 2.86. The molecular weight excluding hydrogens is 210 g/mol. The van der Waals surface area contributed by atoms with Crippen molar-refractivity contribution in [2.75, 3.05) is 6.61 Å². The Balaban J connectivity index is 2.24. The lowest BCUT2D eigenvalue weighted by Gasteiger charge is -2.05. The van der Waals surface area contributed by atoms with Crippen LogP contribution in [0.15, 0.2) is 18.3 Å². The van der Waals surface area contributed by atoms with Crippen molar-refractivity contribution in [1.29, 1.82) is 0 Å². The van der Waals surface area contributed by atoms with Gasteiger partial charge in [0.2, 0.25) is 5.88 Å². The first-order chi connectivity index (χ1) is 8.36. The van der Waals surface area contributed by atoms with Crippen LogP contribution in [-0.2, 0) is 6.42 Å². The monoisotopic (exact) mass is 235 g/mol. The maximum absolute atomic E-state index is 5.53. The molecule has 96 valence electrons. The average Bonchev–Trinajstić information content (AvgIpc) is 2.37. The summed E-state index contributed by atoms with van der Waals surface area (Å²) in [5.74, 6) is 0.760. The molecule has 0 aromatic carbocycles. The van der Waals surface area contributed by atoms with E-state index in [1.807, 2.05) is 12.3 Å². The molecular formula is C15H25NO. The predicted octanol–water partition coefficient (Wildman–Crippen LogP) is 4.38. The standard InChI is InChI=1S/C15H25NO/c1-3-5-7-8-9-14-10-11-15(16-13-14)17-12-6-4-2/h10-11,13H,3-9,12H2,1-2H3. The summed E-state index contributed by atoms with van der Waals surface area (Å²) in [6.45, 7) is 5.18. The quantitative estimate of drug-likeness (QED) is 0.592. The number of unbranched alkanes of at least 4 members (excludes halogenated alkanes) is 4. The van der Waals surface area contributed by atoms with Crippen molar-refractivity contribution in [3.05, 3.63) is 23.9 Å². The van der Waals surface area contributed by atoms with Crippen LogP contribution in [0, 0.1) is 0 Å². The van der Waals surface area contributed by atoms with Crippen LogP contribution in [0.25, 0.3) is 0 Å². The summed E-state index contributed by atoms with van der Waals surface area (Å²) < 4.78 is 5.53. The average molecular weight is 235 g/mol. The fraction of sp³-hybridized carbons (Fsp3) is 0.667. The summed E-state index contributed by atoms with van der Waals surface area (Å²) in [5.41, 5.74) is 1.32. The Morgan fingerprint density at radius 1 is 1.00 bits per heavy atom. The maximum Gasteiger partial charge on any atom is 0.213 e. The molecule has 1 aromatic heterocycles.